The van der Waals surface area contributed by atoms with Gasteiger partial charge in [-0.3, -0.25) is 14.3 Å². The highest BCUT2D eigenvalue weighted by Gasteiger charge is 2.28. The van der Waals surface area contributed by atoms with Gasteiger partial charge in [0, 0.05) is 24.6 Å². The molecule has 2 aromatic rings. The zero-order chi connectivity index (χ0) is 17.6. The fourth-order valence-corrected chi connectivity index (χ4v) is 2.93. The van der Waals surface area contributed by atoms with E-state index >= 15 is 0 Å². The van der Waals surface area contributed by atoms with Crippen LogP contribution in [0.3, 0.4) is 0 Å². The molecule has 0 saturated heterocycles. The third kappa shape index (κ3) is 2.86. The molecule has 24 heavy (non-hydrogen) atoms. The average molecular weight is 329 g/mol. The van der Waals surface area contributed by atoms with Crippen molar-refractivity contribution in [3.8, 4) is 0 Å². The van der Waals surface area contributed by atoms with Crippen molar-refractivity contribution in [1.82, 2.24) is 24.6 Å². The molecule has 7 heteroatoms. The summed E-state index contributed by atoms with van der Waals surface area (Å²) in [5.74, 6) is 0.495. The van der Waals surface area contributed by atoms with Crippen molar-refractivity contribution in [3.63, 3.8) is 0 Å². The Morgan fingerprint density at radius 2 is 2.04 bits per heavy atom. The van der Waals surface area contributed by atoms with Gasteiger partial charge in [0.15, 0.2) is 0 Å². The normalized spacial score (nSPS) is 14.6. The summed E-state index contributed by atoms with van der Waals surface area (Å²) in [7, 11) is 1.79. The number of aromatic nitrogens is 4. The van der Waals surface area contributed by atoms with Crippen molar-refractivity contribution in [2.24, 2.45) is 7.05 Å². The summed E-state index contributed by atoms with van der Waals surface area (Å²) in [6.07, 6.45) is 0.521. The summed E-state index contributed by atoms with van der Waals surface area (Å²) in [6.45, 7) is 8.82. The Kier molecular flexibility index (Phi) is 3.81. The molecule has 0 bridgehead atoms. The van der Waals surface area contributed by atoms with Crippen LogP contribution in [0.15, 0.2) is 10.9 Å². The summed E-state index contributed by atoms with van der Waals surface area (Å²) in [4.78, 5) is 33.7. The van der Waals surface area contributed by atoms with E-state index in [0.29, 0.717) is 42.3 Å². The zero-order valence-electron chi connectivity index (χ0n) is 14.8. The van der Waals surface area contributed by atoms with E-state index in [-0.39, 0.29) is 16.9 Å². The molecule has 0 saturated carbocycles. The molecule has 0 unspecified atom stereocenters. The van der Waals surface area contributed by atoms with Gasteiger partial charge in [0.05, 0.1) is 17.9 Å². The van der Waals surface area contributed by atoms with Crippen LogP contribution >= 0.6 is 0 Å². The van der Waals surface area contributed by atoms with Crippen molar-refractivity contribution >= 4 is 5.91 Å². The molecule has 128 valence electrons. The molecule has 1 amide bonds. The van der Waals surface area contributed by atoms with E-state index in [1.54, 1.807) is 23.6 Å². The lowest BCUT2D eigenvalue weighted by Crippen LogP contribution is -2.40. The molecule has 1 aliphatic rings. The van der Waals surface area contributed by atoms with Crippen LogP contribution in [-0.4, -0.2) is 37.1 Å². The predicted octanol–water partition coefficient (Wildman–Crippen LogP) is 1.31. The van der Waals surface area contributed by atoms with Crippen molar-refractivity contribution in [2.75, 3.05) is 6.54 Å². The fraction of sp³-hybridized carbons (Fsp3) is 0.529. The number of hydrogen-bond acceptors (Lipinski definition) is 4. The van der Waals surface area contributed by atoms with Crippen LogP contribution in [0, 0.1) is 6.92 Å². The van der Waals surface area contributed by atoms with E-state index in [1.807, 2.05) is 6.07 Å². The minimum atomic E-state index is -0.114. The molecule has 3 rings (SSSR count). The van der Waals surface area contributed by atoms with Gasteiger partial charge in [0.1, 0.15) is 11.5 Å². The molecular formula is C17H23N5O2. The van der Waals surface area contributed by atoms with E-state index < -0.39 is 0 Å². The van der Waals surface area contributed by atoms with E-state index in [4.69, 9.17) is 0 Å². The average Bonchev–Trinajstić information content (AvgIpc) is 2.87. The van der Waals surface area contributed by atoms with Gasteiger partial charge in [-0.2, -0.15) is 5.10 Å². The topological polar surface area (TPSA) is 83.9 Å². The third-order valence-corrected chi connectivity index (χ3v) is 4.35. The van der Waals surface area contributed by atoms with Gasteiger partial charge in [-0.05, 0) is 19.4 Å². The highest BCUT2D eigenvalue weighted by Crippen LogP contribution is 2.23. The van der Waals surface area contributed by atoms with Gasteiger partial charge < -0.3 is 9.88 Å². The van der Waals surface area contributed by atoms with Gasteiger partial charge in [-0.1, -0.05) is 20.8 Å². The molecule has 2 aromatic heterocycles. The number of nitrogens with one attached hydrogen (secondary N) is 1. The maximum absolute atomic E-state index is 12.9. The van der Waals surface area contributed by atoms with Gasteiger partial charge in [0.2, 0.25) is 0 Å². The Morgan fingerprint density at radius 1 is 1.33 bits per heavy atom. The van der Waals surface area contributed by atoms with Crippen molar-refractivity contribution in [3.05, 3.63) is 44.9 Å². The molecule has 0 atom stereocenters. The van der Waals surface area contributed by atoms with E-state index in [2.05, 4.69) is 35.8 Å². The highest BCUT2D eigenvalue weighted by molar-refractivity contribution is 5.92. The molecule has 1 N–H and O–H groups in total. The number of aromatic amines is 1. The number of carbonyl (C=O) groups is 1. The van der Waals surface area contributed by atoms with Crippen LogP contribution in [0.25, 0.3) is 0 Å². The Hall–Kier alpha value is -2.44. The Bertz CT molecular complexity index is 857. The van der Waals surface area contributed by atoms with Crippen molar-refractivity contribution < 1.29 is 4.79 Å². The molecule has 7 nitrogen and oxygen atoms in total. The molecule has 0 aromatic carbocycles. The van der Waals surface area contributed by atoms with E-state index in [1.165, 1.54) is 0 Å². The number of rotatable bonds is 1. The summed E-state index contributed by atoms with van der Waals surface area (Å²) >= 11 is 0. The van der Waals surface area contributed by atoms with Crippen LogP contribution in [0.1, 0.15) is 54.0 Å². The molecule has 0 fully saturated rings. The van der Waals surface area contributed by atoms with Crippen LogP contribution in [0.4, 0.5) is 0 Å². The van der Waals surface area contributed by atoms with Gasteiger partial charge in [-0.25, -0.2) is 4.98 Å². The van der Waals surface area contributed by atoms with E-state index in [9.17, 15) is 9.59 Å². The summed E-state index contributed by atoms with van der Waals surface area (Å²) in [6, 6.07) is 1.86. The lowest BCUT2D eigenvalue weighted by molar-refractivity contribution is 0.0720. The Labute approximate surface area is 140 Å². The fourth-order valence-electron chi connectivity index (χ4n) is 2.93. The van der Waals surface area contributed by atoms with Crippen molar-refractivity contribution in [1.29, 1.82) is 0 Å². The first-order chi connectivity index (χ1) is 11.2. The lowest BCUT2D eigenvalue weighted by Gasteiger charge is -2.27. The first-order valence-corrected chi connectivity index (χ1v) is 8.09. The molecule has 1 aliphatic heterocycles. The van der Waals surface area contributed by atoms with Crippen LogP contribution < -0.4 is 5.56 Å². The lowest BCUT2D eigenvalue weighted by atomic mass is 9.92. The number of fused-ring (bicyclic) bond motifs is 1. The maximum Gasteiger partial charge on any atom is 0.272 e. The zero-order valence-corrected chi connectivity index (χ0v) is 14.8. The third-order valence-electron chi connectivity index (χ3n) is 4.35. The van der Waals surface area contributed by atoms with Crippen LogP contribution in [-0.2, 0) is 25.4 Å². The number of aryl methyl sites for hydroxylation is 2. The van der Waals surface area contributed by atoms with Crippen LogP contribution in [0.5, 0.6) is 0 Å². The predicted molar refractivity (Wildman–Crippen MR) is 89.9 cm³/mol. The monoisotopic (exact) mass is 329 g/mol. The first-order valence-electron chi connectivity index (χ1n) is 8.09. The molecule has 0 radical (unpaired) electrons. The largest absolute Gasteiger partial charge is 0.331 e. The SMILES string of the molecule is Cc1nc2c(c(=O)[nH]1)CCN(C(=O)c1cc(C(C)(C)C)nn1C)C2. The number of H-pyrrole nitrogens is 1. The second-order valence-corrected chi connectivity index (χ2v) is 7.34. The standard InChI is InChI=1S/C17H23N5O2/c1-10-18-12-9-22(7-6-11(12)15(23)19-10)16(24)13-8-14(17(2,3)4)20-21(13)5/h8H,6-7,9H2,1-5H3,(H,18,19,23). The number of hydrogen-bond donors (Lipinski definition) is 1. The maximum atomic E-state index is 12.9. The highest BCUT2D eigenvalue weighted by atomic mass is 16.2. The van der Waals surface area contributed by atoms with Gasteiger partial charge in [0.25, 0.3) is 11.5 Å². The van der Waals surface area contributed by atoms with Crippen LogP contribution in [0.2, 0.25) is 0 Å². The van der Waals surface area contributed by atoms with Gasteiger partial charge in [-0.15, -0.1) is 0 Å². The minimum Gasteiger partial charge on any atom is -0.331 e. The smallest absolute Gasteiger partial charge is 0.272 e. The summed E-state index contributed by atoms with van der Waals surface area (Å²) < 4.78 is 1.63. The number of amides is 1. The molecule has 0 aliphatic carbocycles. The molecule has 0 spiro atoms. The second kappa shape index (κ2) is 5.58. The minimum absolute atomic E-state index is 0.0779. The Balaban J connectivity index is 1.90. The number of carbonyl (C=O) groups excluding carboxylic acids is 1. The molecular weight excluding hydrogens is 306 g/mol. The van der Waals surface area contributed by atoms with Crippen molar-refractivity contribution in [2.45, 2.75) is 46.1 Å². The summed E-state index contributed by atoms with van der Waals surface area (Å²) in [5, 5.41) is 4.47. The quantitative estimate of drug-likeness (QED) is 0.855. The Morgan fingerprint density at radius 3 is 2.67 bits per heavy atom. The summed E-state index contributed by atoms with van der Waals surface area (Å²) in [5.41, 5.74) is 2.61. The number of nitrogens with zero attached hydrogens (tertiary/aromatic N) is 4. The second-order valence-electron chi connectivity index (χ2n) is 7.34. The van der Waals surface area contributed by atoms with E-state index in [0.717, 1.165) is 5.69 Å². The van der Waals surface area contributed by atoms with Gasteiger partial charge >= 0.3 is 0 Å². The molecule has 3 heterocycles. The first kappa shape index (κ1) is 16.4.